The first kappa shape index (κ1) is 16.6. The number of aromatic nitrogens is 3. The van der Waals surface area contributed by atoms with Crippen LogP contribution in [0.2, 0.25) is 0 Å². The maximum Gasteiger partial charge on any atom is 0.154 e. The molecule has 24 heavy (non-hydrogen) atoms. The third-order valence-electron chi connectivity index (χ3n) is 4.51. The van der Waals surface area contributed by atoms with Gasteiger partial charge in [-0.25, -0.2) is 9.97 Å². The molecule has 1 aliphatic heterocycles. The average Bonchev–Trinajstić information content (AvgIpc) is 2.95. The van der Waals surface area contributed by atoms with E-state index in [1.54, 1.807) is 7.11 Å². The fourth-order valence-electron chi connectivity index (χ4n) is 3.37. The molecule has 0 aliphatic carbocycles. The number of likely N-dealkylation sites (tertiary alicyclic amines) is 1. The van der Waals surface area contributed by atoms with Crippen LogP contribution in [0.15, 0.2) is 24.5 Å². The Labute approximate surface area is 142 Å². The maximum absolute atomic E-state index is 9.09. The molecule has 3 heterocycles. The summed E-state index contributed by atoms with van der Waals surface area (Å²) in [5.41, 5.74) is 3.00. The highest BCUT2D eigenvalue weighted by Crippen LogP contribution is 2.26. The Morgan fingerprint density at radius 1 is 1.46 bits per heavy atom. The number of aryl methyl sites for hydroxylation is 1. The lowest BCUT2D eigenvalue weighted by Gasteiger charge is -2.32. The molecule has 0 saturated carbocycles. The minimum absolute atomic E-state index is 0.427. The van der Waals surface area contributed by atoms with Crippen molar-refractivity contribution in [3.63, 3.8) is 0 Å². The lowest BCUT2D eigenvalue weighted by Crippen LogP contribution is -2.34. The molecule has 6 heteroatoms. The zero-order chi connectivity index (χ0) is 16.9. The highest BCUT2D eigenvalue weighted by Gasteiger charge is 2.23. The fourth-order valence-corrected chi connectivity index (χ4v) is 3.37. The van der Waals surface area contributed by atoms with E-state index in [2.05, 4.69) is 20.9 Å². The predicted octanol–water partition coefficient (Wildman–Crippen LogP) is 2.21. The Morgan fingerprint density at radius 3 is 3.08 bits per heavy atom. The molecule has 1 atom stereocenters. The molecule has 0 bridgehead atoms. The van der Waals surface area contributed by atoms with Crippen LogP contribution in [0.4, 0.5) is 0 Å². The minimum Gasteiger partial charge on any atom is -0.377 e. The van der Waals surface area contributed by atoms with Crippen molar-refractivity contribution in [2.45, 2.75) is 31.9 Å². The van der Waals surface area contributed by atoms with Crippen molar-refractivity contribution in [2.75, 3.05) is 20.2 Å². The second-order valence-electron chi connectivity index (χ2n) is 6.36. The van der Waals surface area contributed by atoms with E-state index in [4.69, 9.17) is 10.00 Å². The van der Waals surface area contributed by atoms with Gasteiger partial charge in [0.1, 0.15) is 18.4 Å². The molecule has 0 N–H and O–H groups in total. The van der Waals surface area contributed by atoms with Crippen molar-refractivity contribution in [3.05, 3.63) is 47.3 Å². The molecule has 3 rings (SSSR count). The third kappa shape index (κ3) is 3.81. The van der Waals surface area contributed by atoms with Crippen molar-refractivity contribution in [1.29, 1.82) is 5.26 Å². The Kier molecular flexibility index (Phi) is 5.24. The summed E-state index contributed by atoms with van der Waals surface area (Å²) in [5.74, 6) is 1.17. The highest BCUT2D eigenvalue weighted by molar-refractivity contribution is 5.28. The van der Waals surface area contributed by atoms with Gasteiger partial charge in [-0.2, -0.15) is 5.26 Å². The third-order valence-corrected chi connectivity index (χ3v) is 4.51. The number of nitriles is 1. The van der Waals surface area contributed by atoms with E-state index in [0.717, 1.165) is 44.0 Å². The number of hydrogen-bond acceptors (Lipinski definition) is 5. The number of nitrogens with zero attached hydrogens (tertiary/aromatic N) is 5. The van der Waals surface area contributed by atoms with Gasteiger partial charge < -0.3 is 9.30 Å². The summed E-state index contributed by atoms with van der Waals surface area (Å²) >= 11 is 0. The van der Waals surface area contributed by atoms with Gasteiger partial charge in [-0.3, -0.25) is 4.90 Å². The SMILES string of the molecule is COCc1nccc(C2CCCN(Cc3cc(C#N)n(C)c3)C2)n1. The summed E-state index contributed by atoms with van der Waals surface area (Å²) in [5, 5.41) is 9.09. The fraction of sp³-hybridized carbons (Fsp3) is 0.500. The van der Waals surface area contributed by atoms with Crippen LogP contribution < -0.4 is 0 Å². The highest BCUT2D eigenvalue weighted by atomic mass is 16.5. The predicted molar refractivity (Wildman–Crippen MR) is 90.1 cm³/mol. The molecule has 1 unspecified atom stereocenters. The summed E-state index contributed by atoms with van der Waals surface area (Å²) in [6.07, 6.45) is 6.18. The van der Waals surface area contributed by atoms with Crippen LogP contribution in [0.1, 0.15) is 41.5 Å². The topological polar surface area (TPSA) is 67.0 Å². The molecule has 1 saturated heterocycles. The van der Waals surface area contributed by atoms with Gasteiger partial charge in [0, 0.05) is 51.3 Å². The van der Waals surface area contributed by atoms with E-state index >= 15 is 0 Å². The molecule has 0 spiro atoms. The lowest BCUT2D eigenvalue weighted by atomic mass is 9.94. The molecule has 1 fully saturated rings. The second-order valence-corrected chi connectivity index (χ2v) is 6.36. The minimum atomic E-state index is 0.427. The molecule has 2 aromatic rings. The molecule has 0 radical (unpaired) electrons. The Bertz CT molecular complexity index is 733. The van der Waals surface area contributed by atoms with Crippen LogP contribution in [-0.4, -0.2) is 39.6 Å². The number of hydrogen-bond donors (Lipinski definition) is 0. The number of methoxy groups -OCH3 is 1. The van der Waals surface area contributed by atoms with Crippen molar-refractivity contribution in [3.8, 4) is 6.07 Å². The Hall–Kier alpha value is -2.23. The molecule has 1 aliphatic rings. The van der Waals surface area contributed by atoms with Crippen LogP contribution in [0.25, 0.3) is 0 Å². The van der Waals surface area contributed by atoms with Crippen LogP contribution >= 0.6 is 0 Å². The molecule has 2 aromatic heterocycles. The van der Waals surface area contributed by atoms with Crippen molar-refractivity contribution >= 4 is 0 Å². The smallest absolute Gasteiger partial charge is 0.154 e. The van der Waals surface area contributed by atoms with Crippen LogP contribution in [0.3, 0.4) is 0 Å². The Morgan fingerprint density at radius 2 is 2.33 bits per heavy atom. The van der Waals surface area contributed by atoms with Gasteiger partial charge in [0.05, 0.1) is 0 Å². The average molecular weight is 325 g/mol. The summed E-state index contributed by atoms with van der Waals surface area (Å²) in [6.45, 7) is 3.40. The van der Waals surface area contributed by atoms with E-state index in [-0.39, 0.29) is 0 Å². The molecular formula is C18H23N5O. The van der Waals surface area contributed by atoms with Gasteiger partial charge in [0.15, 0.2) is 5.82 Å². The summed E-state index contributed by atoms with van der Waals surface area (Å²) < 4.78 is 7.02. The van der Waals surface area contributed by atoms with Crippen molar-refractivity contribution in [2.24, 2.45) is 7.05 Å². The Balaban J connectivity index is 1.67. The van der Waals surface area contributed by atoms with E-state index in [1.165, 1.54) is 5.56 Å². The summed E-state index contributed by atoms with van der Waals surface area (Å²) in [4.78, 5) is 11.3. The summed E-state index contributed by atoms with van der Waals surface area (Å²) in [7, 11) is 3.58. The standard InChI is InChI=1S/C18H23N5O/c1-22-10-14(8-16(22)9-19)11-23-7-3-4-15(12-23)17-5-6-20-18(21-17)13-24-2/h5-6,8,10,15H,3-4,7,11-13H2,1-2H3. The monoisotopic (exact) mass is 325 g/mol. The first-order valence-electron chi connectivity index (χ1n) is 8.28. The first-order chi connectivity index (χ1) is 11.7. The quantitative estimate of drug-likeness (QED) is 0.843. The van der Waals surface area contributed by atoms with Gasteiger partial charge in [0.25, 0.3) is 0 Å². The lowest BCUT2D eigenvalue weighted by molar-refractivity contribution is 0.176. The van der Waals surface area contributed by atoms with Gasteiger partial charge in [-0.15, -0.1) is 0 Å². The maximum atomic E-state index is 9.09. The van der Waals surface area contributed by atoms with Crippen LogP contribution in [-0.2, 0) is 24.9 Å². The summed E-state index contributed by atoms with van der Waals surface area (Å²) in [6, 6.07) is 6.22. The number of ether oxygens (including phenoxy) is 1. The normalized spacial score (nSPS) is 18.5. The first-order valence-corrected chi connectivity index (χ1v) is 8.28. The zero-order valence-corrected chi connectivity index (χ0v) is 14.3. The molecule has 0 aromatic carbocycles. The van der Waals surface area contributed by atoms with Gasteiger partial charge in [0.2, 0.25) is 0 Å². The molecular weight excluding hydrogens is 302 g/mol. The van der Waals surface area contributed by atoms with Crippen molar-refractivity contribution < 1.29 is 4.74 Å². The zero-order valence-electron chi connectivity index (χ0n) is 14.3. The number of rotatable bonds is 5. The van der Waals surface area contributed by atoms with E-state index in [0.29, 0.717) is 18.2 Å². The van der Waals surface area contributed by atoms with Gasteiger partial charge in [-0.05, 0) is 37.1 Å². The molecule has 6 nitrogen and oxygen atoms in total. The van der Waals surface area contributed by atoms with Gasteiger partial charge in [-0.1, -0.05) is 0 Å². The van der Waals surface area contributed by atoms with Crippen LogP contribution in [0.5, 0.6) is 0 Å². The van der Waals surface area contributed by atoms with Crippen molar-refractivity contribution in [1.82, 2.24) is 19.4 Å². The van der Waals surface area contributed by atoms with Gasteiger partial charge >= 0.3 is 0 Å². The molecule has 126 valence electrons. The van der Waals surface area contributed by atoms with E-state index in [1.807, 2.05) is 36.1 Å². The van der Waals surface area contributed by atoms with E-state index < -0.39 is 0 Å². The largest absolute Gasteiger partial charge is 0.377 e. The number of piperidine rings is 1. The van der Waals surface area contributed by atoms with Crippen LogP contribution in [0, 0.1) is 11.3 Å². The molecule has 0 amide bonds. The second kappa shape index (κ2) is 7.56. The van der Waals surface area contributed by atoms with E-state index in [9.17, 15) is 0 Å².